The number of benzene rings is 1. The summed E-state index contributed by atoms with van der Waals surface area (Å²) < 4.78 is 4.46. The summed E-state index contributed by atoms with van der Waals surface area (Å²) in [7, 11) is 1.22. The molecule has 138 valence electrons. The minimum Gasteiger partial charge on any atom is -0.468 e. The molecule has 1 fully saturated rings. The molecule has 3 rings (SSSR count). The zero-order chi connectivity index (χ0) is 18.7. The van der Waals surface area contributed by atoms with E-state index in [2.05, 4.69) is 22.2 Å². The number of ether oxygens (including phenoxy) is 1. The topological polar surface area (TPSA) is 102 Å². The van der Waals surface area contributed by atoms with Gasteiger partial charge < -0.3 is 15.0 Å². The number of carbonyl (C=O) groups is 2. The monoisotopic (exact) mass is 359 g/mol. The number of esters is 1. The quantitative estimate of drug-likeness (QED) is 0.373. The Morgan fingerprint density at radius 3 is 2.50 bits per heavy atom. The van der Waals surface area contributed by atoms with E-state index in [0.29, 0.717) is 17.5 Å². The fourth-order valence-electron chi connectivity index (χ4n) is 3.62. The number of fused-ring (bicyclic) bond motifs is 1. The Morgan fingerprint density at radius 2 is 1.92 bits per heavy atom. The van der Waals surface area contributed by atoms with Crippen LogP contribution >= 0.6 is 0 Å². The molecule has 26 heavy (non-hydrogen) atoms. The van der Waals surface area contributed by atoms with Crippen molar-refractivity contribution in [2.75, 3.05) is 31.6 Å². The van der Waals surface area contributed by atoms with E-state index in [0.717, 1.165) is 25.9 Å². The number of allylic oxidation sites excluding steroid dienone is 2. The molecule has 1 aromatic rings. The number of methoxy groups -OCH3 is 1. The van der Waals surface area contributed by atoms with Crippen LogP contribution in [-0.4, -0.2) is 43.5 Å². The third kappa shape index (κ3) is 3.68. The summed E-state index contributed by atoms with van der Waals surface area (Å²) in [6, 6.07) is 4.44. The van der Waals surface area contributed by atoms with Gasteiger partial charge in [-0.05, 0) is 36.8 Å². The van der Waals surface area contributed by atoms with Gasteiger partial charge in [0.05, 0.1) is 12.0 Å². The van der Waals surface area contributed by atoms with Gasteiger partial charge in [0.25, 0.3) is 11.6 Å². The molecule has 1 saturated heterocycles. The van der Waals surface area contributed by atoms with E-state index in [1.54, 1.807) is 12.1 Å². The summed E-state index contributed by atoms with van der Waals surface area (Å²) in [6.45, 7) is 1.28. The molecular formula is C18H21N3O5. The van der Waals surface area contributed by atoms with E-state index in [1.807, 2.05) is 4.90 Å². The van der Waals surface area contributed by atoms with Gasteiger partial charge in [0.2, 0.25) is 0 Å². The molecule has 1 aliphatic carbocycles. The lowest BCUT2D eigenvalue weighted by molar-refractivity contribution is -0.384. The Balaban J connectivity index is 1.78. The number of rotatable bonds is 5. The van der Waals surface area contributed by atoms with E-state index in [9.17, 15) is 19.7 Å². The second-order valence-electron chi connectivity index (χ2n) is 6.59. The maximum Gasteiger partial charge on any atom is 0.325 e. The Hall–Kier alpha value is -2.90. The summed E-state index contributed by atoms with van der Waals surface area (Å²) in [6.07, 6.45) is 6.35. The first kappa shape index (κ1) is 17.9. The standard InChI is InChI=1S/C18H21N3O5/c1-26-17(22)9-19-18(23)12-6-7-15(16(8-12)21(24)25)20-10-13-4-2-3-5-14(13)11-20/h2-3,6-8,13-14H,4-5,9-11H2,1H3,(H,19,23). The molecule has 2 aliphatic rings. The van der Waals surface area contributed by atoms with Gasteiger partial charge in [-0.15, -0.1) is 0 Å². The lowest BCUT2D eigenvalue weighted by atomic mass is 9.86. The highest BCUT2D eigenvalue weighted by atomic mass is 16.6. The van der Waals surface area contributed by atoms with Crippen LogP contribution in [-0.2, 0) is 9.53 Å². The van der Waals surface area contributed by atoms with Crippen molar-refractivity contribution in [2.45, 2.75) is 12.8 Å². The second-order valence-corrected chi connectivity index (χ2v) is 6.59. The summed E-state index contributed by atoms with van der Waals surface area (Å²) in [5, 5.41) is 13.9. The molecule has 0 saturated carbocycles. The average molecular weight is 359 g/mol. The molecule has 1 N–H and O–H groups in total. The van der Waals surface area contributed by atoms with E-state index >= 15 is 0 Å². The SMILES string of the molecule is COC(=O)CNC(=O)c1ccc(N2CC3CC=CCC3C2)c([N+](=O)[O-])c1. The van der Waals surface area contributed by atoms with Gasteiger partial charge >= 0.3 is 5.97 Å². The third-order valence-electron chi connectivity index (χ3n) is 5.02. The number of amides is 1. The van der Waals surface area contributed by atoms with E-state index < -0.39 is 16.8 Å². The minimum atomic E-state index is -0.585. The molecule has 2 unspecified atom stereocenters. The van der Waals surface area contributed by atoms with Crippen LogP contribution in [0, 0.1) is 22.0 Å². The van der Waals surface area contributed by atoms with Crippen LogP contribution in [0.1, 0.15) is 23.2 Å². The molecule has 0 spiro atoms. The molecule has 1 amide bonds. The molecule has 1 aliphatic heterocycles. The molecule has 0 bridgehead atoms. The van der Waals surface area contributed by atoms with Gasteiger partial charge in [-0.1, -0.05) is 12.2 Å². The Morgan fingerprint density at radius 1 is 1.27 bits per heavy atom. The first-order valence-electron chi connectivity index (χ1n) is 8.53. The first-order chi connectivity index (χ1) is 12.5. The average Bonchev–Trinajstić information content (AvgIpc) is 3.09. The summed E-state index contributed by atoms with van der Waals surface area (Å²) >= 11 is 0. The zero-order valence-electron chi connectivity index (χ0n) is 14.5. The zero-order valence-corrected chi connectivity index (χ0v) is 14.5. The highest BCUT2D eigenvalue weighted by Gasteiger charge is 2.35. The van der Waals surface area contributed by atoms with Gasteiger partial charge in [0, 0.05) is 24.7 Å². The van der Waals surface area contributed by atoms with Gasteiger partial charge in [-0.2, -0.15) is 0 Å². The minimum absolute atomic E-state index is 0.0951. The highest BCUT2D eigenvalue weighted by Crippen LogP contribution is 2.39. The van der Waals surface area contributed by atoms with Crippen LogP contribution in [0.25, 0.3) is 0 Å². The molecule has 2 atom stereocenters. The Bertz CT molecular complexity index is 745. The fourth-order valence-corrected chi connectivity index (χ4v) is 3.62. The van der Waals surface area contributed by atoms with Crippen molar-refractivity contribution in [3.8, 4) is 0 Å². The van der Waals surface area contributed by atoms with Gasteiger partial charge in [0.15, 0.2) is 0 Å². The van der Waals surface area contributed by atoms with Crippen molar-refractivity contribution >= 4 is 23.3 Å². The highest BCUT2D eigenvalue weighted by molar-refractivity contribution is 5.97. The lowest BCUT2D eigenvalue weighted by Gasteiger charge is -2.19. The lowest BCUT2D eigenvalue weighted by Crippen LogP contribution is -2.30. The van der Waals surface area contributed by atoms with Crippen LogP contribution in [0.5, 0.6) is 0 Å². The molecular weight excluding hydrogens is 338 g/mol. The molecule has 1 aromatic carbocycles. The predicted octanol–water partition coefficient (Wildman–Crippen LogP) is 1.90. The van der Waals surface area contributed by atoms with Crippen molar-refractivity contribution in [3.05, 3.63) is 46.0 Å². The van der Waals surface area contributed by atoms with E-state index in [-0.39, 0.29) is 17.8 Å². The fraction of sp³-hybridized carbons (Fsp3) is 0.444. The third-order valence-corrected chi connectivity index (χ3v) is 5.02. The van der Waals surface area contributed by atoms with Crippen molar-refractivity contribution in [2.24, 2.45) is 11.8 Å². The van der Waals surface area contributed by atoms with Gasteiger partial charge in [0.1, 0.15) is 12.2 Å². The van der Waals surface area contributed by atoms with Gasteiger partial charge in [-0.3, -0.25) is 19.7 Å². The van der Waals surface area contributed by atoms with Crippen LogP contribution in [0.3, 0.4) is 0 Å². The maximum atomic E-state index is 12.1. The number of nitro benzene ring substituents is 1. The number of hydrogen-bond acceptors (Lipinski definition) is 6. The molecule has 8 heteroatoms. The van der Waals surface area contributed by atoms with Crippen LogP contribution < -0.4 is 10.2 Å². The molecule has 0 aromatic heterocycles. The van der Waals surface area contributed by atoms with E-state index in [1.165, 1.54) is 13.2 Å². The molecule has 0 radical (unpaired) electrons. The predicted molar refractivity (Wildman–Crippen MR) is 95.0 cm³/mol. The van der Waals surface area contributed by atoms with Crippen molar-refractivity contribution in [1.82, 2.24) is 5.32 Å². The second kappa shape index (κ2) is 7.55. The number of nitrogens with one attached hydrogen (secondary N) is 1. The largest absolute Gasteiger partial charge is 0.468 e. The summed E-state index contributed by atoms with van der Waals surface area (Å²) in [5.74, 6) is -0.104. The Labute approximate surface area is 151 Å². The van der Waals surface area contributed by atoms with E-state index in [4.69, 9.17) is 0 Å². The maximum absolute atomic E-state index is 12.1. The van der Waals surface area contributed by atoms with Crippen LogP contribution in [0.15, 0.2) is 30.4 Å². The molecule has 8 nitrogen and oxygen atoms in total. The number of hydrogen-bond donors (Lipinski definition) is 1. The van der Waals surface area contributed by atoms with Crippen molar-refractivity contribution < 1.29 is 19.2 Å². The Kier molecular flexibility index (Phi) is 5.20. The number of carbonyl (C=O) groups excluding carboxylic acids is 2. The number of nitro groups is 1. The van der Waals surface area contributed by atoms with Gasteiger partial charge in [-0.25, -0.2) is 0 Å². The smallest absolute Gasteiger partial charge is 0.325 e. The summed E-state index contributed by atoms with van der Waals surface area (Å²) in [5.41, 5.74) is 0.582. The molecule has 1 heterocycles. The van der Waals surface area contributed by atoms with Crippen LogP contribution in [0.4, 0.5) is 11.4 Å². The number of nitrogens with zero attached hydrogens (tertiary/aromatic N) is 2. The first-order valence-corrected chi connectivity index (χ1v) is 8.53. The summed E-state index contributed by atoms with van der Waals surface area (Å²) in [4.78, 5) is 36.3. The van der Waals surface area contributed by atoms with Crippen molar-refractivity contribution in [1.29, 1.82) is 0 Å². The normalized spacial score (nSPS) is 21.2. The van der Waals surface area contributed by atoms with Crippen molar-refractivity contribution in [3.63, 3.8) is 0 Å². The number of anilines is 1. The van der Waals surface area contributed by atoms with Crippen LogP contribution in [0.2, 0.25) is 0 Å².